The van der Waals surface area contributed by atoms with Gasteiger partial charge in [0.05, 0.1) is 17.3 Å². The van der Waals surface area contributed by atoms with Crippen LogP contribution in [-0.2, 0) is 6.18 Å². The summed E-state index contributed by atoms with van der Waals surface area (Å²) in [7, 11) is 0. The zero-order chi connectivity index (χ0) is 20.3. The molecule has 4 rings (SSSR count). The number of hydrogen-bond donors (Lipinski definition) is 1. The van der Waals surface area contributed by atoms with E-state index >= 15 is 0 Å². The molecule has 3 heterocycles. The molecule has 0 spiro atoms. The summed E-state index contributed by atoms with van der Waals surface area (Å²) in [5.41, 5.74) is 7.52. The van der Waals surface area contributed by atoms with Crippen molar-refractivity contribution in [3.63, 3.8) is 0 Å². The second kappa shape index (κ2) is 8.12. The molecule has 150 valence electrons. The molecule has 1 saturated heterocycles. The lowest BCUT2D eigenvalue weighted by atomic mass is 9.89. The second-order valence-electron chi connectivity index (χ2n) is 6.72. The number of pyridine rings is 1. The Hall–Kier alpha value is -2.70. The monoisotopic (exact) mass is 390 g/mol. The summed E-state index contributed by atoms with van der Waals surface area (Å²) in [6, 6.07) is 10.2. The van der Waals surface area contributed by atoms with Crippen LogP contribution in [0.3, 0.4) is 0 Å². The van der Waals surface area contributed by atoms with Gasteiger partial charge in [-0.05, 0) is 48.6 Å². The van der Waals surface area contributed by atoms with Crippen LogP contribution in [-0.4, -0.2) is 22.5 Å². The van der Waals surface area contributed by atoms with E-state index in [0.717, 1.165) is 24.6 Å². The van der Waals surface area contributed by atoms with E-state index in [2.05, 4.69) is 4.98 Å². The molecule has 3 aromatic rings. The molecule has 0 aliphatic carbocycles. The molecule has 0 atom stereocenters. The molecule has 1 aromatic carbocycles. The fraction of sp³-hybridized carbons (Fsp3) is 0.381. The highest BCUT2D eigenvalue weighted by atomic mass is 19.4. The number of hydrogen-bond acceptors (Lipinski definition) is 3. The van der Waals surface area contributed by atoms with Gasteiger partial charge in [-0.1, -0.05) is 26.0 Å². The molecule has 2 aromatic heterocycles. The lowest BCUT2D eigenvalue weighted by Gasteiger charge is -2.34. The van der Waals surface area contributed by atoms with Gasteiger partial charge in [-0.2, -0.15) is 13.2 Å². The normalized spacial score (nSPS) is 15.4. The number of halogens is 3. The van der Waals surface area contributed by atoms with Crippen molar-refractivity contribution < 1.29 is 13.2 Å². The van der Waals surface area contributed by atoms with Crippen molar-refractivity contribution in [3.8, 4) is 0 Å². The van der Waals surface area contributed by atoms with Crippen LogP contribution < -0.4 is 10.6 Å². The topological polar surface area (TPSA) is 46.6 Å². The molecule has 1 fully saturated rings. The quantitative estimate of drug-likeness (QED) is 0.601. The van der Waals surface area contributed by atoms with Gasteiger partial charge in [0.15, 0.2) is 0 Å². The molecular weight excluding hydrogens is 365 g/mol. The number of fused-ring (bicyclic) bond motifs is 1. The standard InChI is InChI=1S/C19H19F3N4.C2H6/c20-19(21,22)15-9-17-11-24-12-26(17)18(10-15)25-7-5-14(6-8-25)13-1-3-16(23)4-2-13;1-2/h1-4,9-12,14H,5-8,23H2;1-2H3. The molecule has 0 radical (unpaired) electrons. The van der Waals surface area contributed by atoms with Crippen molar-refractivity contribution in [2.45, 2.75) is 38.8 Å². The van der Waals surface area contributed by atoms with E-state index in [9.17, 15) is 13.2 Å². The molecule has 1 aliphatic rings. The zero-order valence-electron chi connectivity index (χ0n) is 16.1. The molecule has 0 amide bonds. The van der Waals surface area contributed by atoms with Crippen LogP contribution in [0, 0.1) is 0 Å². The summed E-state index contributed by atoms with van der Waals surface area (Å²) in [6.07, 6.45) is 0.423. The summed E-state index contributed by atoms with van der Waals surface area (Å²) in [5.74, 6) is 0.944. The third-order valence-electron chi connectivity index (χ3n) is 5.06. The summed E-state index contributed by atoms with van der Waals surface area (Å²) < 4.78 is 41.4. The van der Waals surface area contributed by atoms with E-state index in [0.29, 0.717) is 30.3 Å². The predicted molar refractivity (Wildman–Crippen MR) is 107 cm³/mol. The smallest absolute Gasteiger partial charge is 0.399 e. The van der Waals surface area contributed by atoms with Crippen LogP contribution in [0.5, 0.6) is 0 Å². The maximum atomic E-state index is 13.2. The first-order chi connectivity index (χ1) is 13.4. The maximum absolute atomic E-state index is 13.2. The van der Waals surface area contributed by atoms with E-state index in [-0.39, 0.29) is 0 Å². The Labute approximate surface area is 162 Å². The van der Waals surface area contributed by atoms with E-state index in [1.54, 1.807) is 10.7 Å². The largest absolute Gasteiger partial charge is 0.416 e. The highest BCUT2D eigenvalue weighted by molar-refractivity contribution is 5.58. The number of rotatable bonds is 2. The van der Waals surface area contributed by atoms with Crippen LogP contribution in [0.25, 0.3) is 5.52 Å². The number of benzene rings is 1. The fourth-order valence-electron chi connectivity index (χ4n) is 3.63. The minimum Gasteiger partial charge on any atom is -0.399 e. The highest BCUT2D eigenvalue weighted by Gasteiger charge is 2.32. The Balaban J connectivity index is 0.00000109. The maximum Gasteiger partial charge on any atom is 0.416 e. The average Bonchev–Trinajstić information content (AvgIpc) is 3.18. The Kier molecular flexibility index (Phi) is 5.82. The molecule has 1 aliphatic heterocycles. The van der Waals surface area contributed by atoms with E-state index in [1.807, 2.05) is 43.0 Å². The predicted octanol–water partition coefficient (Wildman–Crippen LogP) is 5.35. The van der Waals surface area contributed by atoms with E-state index in [1.165, 1.54) is 17.8 Å². The number of alkyl halides is 3. The van der Waals surface area contributed by atoms with Gasteiger partial charge in [-0.15, -0.1) is 0 Å². The molecule has 0 saturated carbocycles. The molecule has 7 heteroatoms. The van der Waals surface area contributed by atoms with Gasteiger partial charge >= 0.3 is 6.18 Å². The van der Waals surface area contributed by atoms with Gasteiger partial charge in [0.1, 0.15) is 12.1 Å². The second-order valence-corrected chi connectivity index (χ2v) is 6.72. The summed E-state index contributed by atoms with van der Waals surface area (Å²) in [5, 5.41) is 0. The minimum absolute atomic E-state index is 0.399. The molecular formula is C21H25F3N4. The zero-order valence-corrected chi connectivity index (χ0v) is 16.1. The first kappa shape index (κ1) is 20.0. The summed E-state index contributed by atoms with van der Waals surface area (Å²) >= 11 is 0. The average molecular weight is 390 g/mol. The molecule has 28 heavy (non-hydrogen) atoms. The number of aromatic nitrogens is 2. The first-order valence-electron chi connectivity index (χ1n) is 9.55. The van der Waals surface area contributed by atoms with Gasteiger partial charge in [-0.3, -0.25) is 4.40 Å². The Morgan fingerprint density at radius 1 is 1.04 bits per heavy atom. The minimum atomic E-state index is -4.37. The number of piperidine rings is 1. The lowest BCUT2D eigenvalue weighted by molar-refractivity contribution is -0.137. The van der Waals surface area contributed by atoms with E-state index in [4.69, 9.17) is 5.73 Å². The Morgan fingerprint density at radius 2 is 1.68 bits per heavy atom. The van der Waals surface area contributed by atoms with Crippen molar-refractivity contribution >= 4 is 17.0 Å². The Bertz CT molecular complexity index is 908. The van der Waals surface area contributed by atoms with Crippen LogP contribution in [0.15, 0.2) is 48.9 Å². The number of nitrogen functional groups attached to an aromatic ring is 1. The highest BCUT2D eigenvalue weighted by Crippen LogP contribution is 2.35. The fourth-order valence-corrected chi connectivity index (χ4v) is 3.63. The van der Waals surface area contributed by atoms with Crippen molar-refractivity contribution in [1.29, 1.82) is 0 Å². The molecule has 0 bridgehead atoms. The van der Waals surface area contributed by atoms with Crippen molar-refractivity contribution in [3.05, 3.63) is 60.0 Å². The molecule has 4 nitrogen and oxygen atoms in total. The number of imidazole rings is 1. The number of nitrogens with two attached hydrogens (primary N) is 1. The van der Waals surface area contributed by atoms with Gasteiger partial charge in [0.2, 0.25) is 0 Å². The van der Waals surface area contributed by atoms with Gasteiger partial charge in [0, 0.05) is 18.8 Å². The lowest BCUT2D eigenvalue weighted by Crippen LogP contribution is -2.34. The van der Waals surface area contributed by atoms with Crippen LogP contribution in [0.4, 0.5) is 24.7 Å². The van der Waals surface area contributed by atoms with Crippen molar-refractivity contribution in [1.82, 2.24) is 9.38 Å². The number of nitrogens with zero attached hydrogens (tertiary/aromatic N) is 3. The van der Waals surface area contributed by atoms with Gasteiger partial charge in [-0.25, -0.2) is 4.98 Å². The van der Waals surface area contributed by atoms with Crippen molar-refractivity contribution in [2.24, 2.45) is 0 Å². The van der Waals surface area contributed by atoms with Crippen LogP contribution in [0.2, 0.25) is 0 Å². The third kappa shape index (κ3) is 4.08. The van der Waals surface area contributed by atoms with Crippen LogP contribution in [0.1, 0.15) is 43.7 Å². The van der Waals surface area contributed by atoms with E-state index < -0.39 is 11.7 Å². The van der Waals surface area contributed by atoms with Gasteiger partial charge < -0.3 is 10.6 Å². The summed E-state index contributed by atoms with van der Waals surface area (Å²) in [6.45, 7) is 5.40. The van der Waals surface area contributed by atoms with Crippen molar-refractivity contribution in [2.75, 3.05) is 23.7 Å². The summed E-state index contributed by atoms with van der Waals surface area (Å²) in [4.78, 5) is 6.02. The third-order valence-corrected chi connectivity index (χ3v) is 5.06. The molecule has 2 N–H and O–H groups in total. The first-order valence-corrected chi connectivity index (χ1v) is 9.55. The van der Waals surface area contributed by atoms with Gasteiger partial charge in [0.25, 0.3) is 0 Å². The Morgan fingerprint density at radius 3 is 2.29 bits per heavy atom. The molecule has 0 unspecified atom stereocenters. The van der Waals surface area contributed by atoms with Crippen LogP contribution >= 0.6 is 0 Å². The number of anilines is 2. The SMILES string of the molecule is CC.Nc1ccc(C2CCN(c3cc(C(F)(F)F)cc4cncn34)CC2)cc1.